The predicted molar refractivity (Wildman–Crippen MR) is 100 cm³/mol. The zero-order valence-electron chi connectivity index (χ0n) is 16.0. The van der Waals surface area contributed by atoms with Crippen LogP contribution in [0.2, 0.25) is 0 Å². The number of aromatic nitrogens is 2. The summed E-state index contributed by atoms with van der Waals surface area (Å²) in [5, 5.41) is 0. The molecule has 0 saturated carbocycles. The average molecular weight is 381 g/mol. The molecule has 2 aromatic rings. The quantitative estimate of drug-likeness (QED) is 0.657. The minimum atomic E-state index is -3.53. The van der Waals surface area contributed by atoms with Gasteiger partial charge in [0, 0.05) is 20.6 Å². The van der Waals surface area contributed by atoms with Gasteiger partial charge in [-0.1, -0.05) is 20.8 Å². The molecule has 0 aliphatic carbocycles. The van der Waals surface area contributed by atoms with Crippen molar-refractivity contribution in [2.75, 3.05) is 14.1 Å². The molecule has 0 saturated heterocycles. The highest BCUT2D eigenvalue weighted by Gasteiger charge is 2.20. The lowest BCUT2D eigenvalue weighted by Crippen LogP contribution is -2.22. The van der Waals surface area contributed by atoms with Gasteiger partial charge in [-0.3, -0.25) is 4.79 Å². The number of sulfonamides is 1. The Hall–Kier alpha value is -1.93. The molecule has 1 aromatic carbocycles. The van der Waals surface area contributed by atoms with Gasteiger partial charge in [0.15, 0.2) is 0 Å². The van der Waals surface area contributed by atoms with Gasteiger partial charge < -0.3 is 9.30 Å². The molecule has 0 aliphatic heterocycles. The minimum absolute atomic E-state index is 0.0770. The zero-order valence-corrected chi connectivity index (χ0v) is 16.8. The normalized spacial score (nSPS) is 13.3. The maximum atomic E-state index is 12.3. The van der Waals surface area contributed by atoms with Gasteiger partial charge in [0.2, 0.25) is 10.0 Å². The average Bonchev–Trinajstić information content (AvgIpc) is 2.96. The summed E-state index contributed by atoms with van der Waals surface area (Å²) in [7, 11) is -0.536. The van der Waals surface area contributed by atoms with E-state index in [1.807, 2.05) is 25.3 Å². The fourth-order valence-electron chi connectivity index (χ4n) is 2.56. The van der Waals surface area contributed by atoms with Crippen LogP contribution < -0.4 is 0 Å². The van der Waals surface area contributed by atoms with Crippen molar-refractivity contribution in [3.63, 3.8) is 0 Å². The van der Waals surface area contributed by atoms with Crippen molar-refractivity contribution in [2.45, 2.75) is 51.7 Å². The molecule has 0 aliphatic rings. The third-order valence-electron chi connectivity index (χ3n) is 4.38. The lowest BCUT2D eigenvalue weighted by Gasteiger charge is -2.12. The first kappa shape index (κ1) is 20.4. The highest BCUT2D eigenvalue weighted by Crippen LogP contribution is 2.23. The van der Waals surface area contributed by atoms with Crippen molar-refractivity contribution >= 4 is 27.0 Å². The number of fused-ring (bicyclic) bond motifs is 1. The number of imidazole rings is 1. The molecule has 0 radical (unpaired) electrons. The molecule has 1 heterocycles. The number of nitrogens with zero attached hydrogens (tertiary/aromatic N) is 3. The van der Waals surface area contributed by atoms with Gasteiger partial charge in [0.1, 0.15) is 12.4 Å². The van der Waals surface area contributed by atoms with Gasteiger partial charge in [-0.25, -0.2) is 17.7 Å². The number of rotatable bonds is 8. The molecule has 2 rings (SSSR count). The second kappa shape index (κ2) is 8.18. The summed E-state index contributed by atoms with van der Waals surface area (Å²) in [5.41, 5.74) is 1.41. The number of carbonyl (C=O) groups is 1. The van der Waals surface area contributed by atoms with Crippen LogP contribution in [0, 0.1) is 5.92 Å². The molecule has 1 unspecified atom stereocenters. The number of carbonyl (C=O) groups excluding carboxylic acids is 1. The molecule has 8 heteroatoms. The maximum Gasteiger partial charge on any atom is 0.309 e. The van der Waals surface area contributed by atoms with Crippen LogP contribution in [0.5, 0.6) is 0 Å². The largest absolute Gasteiger partial charge is 0.457 e. The van der Waals surface area contributed by atoms with E-state index in [1.54, 1.807) is 18.2 Å². The summed E-state index contributed by atoms with van der Waals surface area (Å²) in [6.45, 7) is 6.60. The monoisotopic (exact) mass is 381 g/mol. The van der Waals surface area contributed by atoms with E-state index in [4.69, 9.17) is 4.74 Å². The van der Waals surface area contributed by atoms with Crippen molar-refractivity contribution < 1.29 is 17.9 Å². The van der Waals surface area contributed by atoms with Crippen molar-refractivity contribution in [2.24, 2.45) is 5.92 Å². The molecule has 0 amide bonds. The van der Waals surface area contributed by atoms with Crippen molar-refractivity contribution in [1.82, 2.24) is 13.9 Å². The van der Waals surface area contributed by atoms with Crippen LogP contribution in [-0.2, 0) is 32.7 Å². The molecule has 7 nitrogen and oxygen atoms in total. The number of benzene rings is 1. The first-order chi connectivity index (χ1) is 12.2. The highest BCUT2D eigenvalue weighted by atomic mass is 32.2. The summed E-state index contributed by atoms with van der Waals surface area (Å²) >= 11 is 0. The Morgan fingerprint density at radius 2 is 2.00 bits per heavy atom. The number of hydrogen-bond donors (Lipinski definition) is 0. The third kappa shape index (κ3) is 4.07. The number of aryl methyl sites for hydroxylation is 1. The van der Waals surface area contributed by atoms with Crippen LogP contribution in [0.1, 0.15) is 39.4 Å². The van der Waals surface area contributed by atoms with Crippen LogP contribution in [0.25, 0.3) is 11.0 Å². The fraction of sp³-hybridized carbons (Fsp3) is 0.556. The Labute approximate surface area is 155 Å². The second-order valence-corrected chi connectivity index (χ2v) is 8.69. The highest BCUT2D eigenvalue weighted by molar-refractivity contribution is 7.89. The van der Waals surface area contributed by atoms with Gasteiger partial charge >= 0.3 is 5.97 Å². The fourth-order valence-corrected chi connectivity index (χ4v) is 3.48. The van der Waals surface area contributed by atoms with Crippen molar-refractivity contribution in [1.29, 1.82) is 0 Å². The summed E-state index contributed by atoms with van der Waals surface area (Å²) in [5.74, 6) is 0.215. The Morgan fingerprint density at radius 3 is 2.58 bits per heavy atom. The molecule has 26 heavy (non-hydrogen) atoms. The van der Waals surface area contributed by atoms with E-state index in [0.717, 1.165) is 18.4 Å². The predicted octanol–water partition coefficient (Wildman–Crippen LogP) is 2.79. The first-order valence-corrected chi connectivity index (χ1v) is 10.2. The summed E-state index contributed by atoms with van der Waals surface area (Å²) in [6.07, 6.45) is 1.60. The summed E-state index contributed by atoms with van der Waals surface area (Å²) < 4.78 is 33.2. The number of esters is 1. The van der Waals surface area contributed by atoms with Crippen LogP contribution in [0.4, 0.5) is 0 Å². The molecular formula is C18H27N3O4S. The third-order valence-corrected chi connectivity index (χ3v) is 6.19. The molecule has 0 spiro atoms. The summed E-state index contributed by atoms with van der Waals surface area (Å²) in [6, 6.07) is 4.91. The SMILES string of the molecule is CCCn1c(COC(=O)C(C)CC)nc2cc(S(=O)(=O)N(C)C)ccc21. The zero-order chi connectivity index (χ0) is 19.5. The van der Waals surface area contributed by atoms with Gasteiger partial charge in [0.25, 0.3) is 0 Å². The topological polar surface area (TPSA) is 81.5 Å². The molecule has 144 valence electrons. The Morgan fingerprint density at radius 1 is 1.31 bits per heavy atom. The van der Waals surface area contributed by atoms with Crippen molar-refractivity contribution in [3.8, 4) is 0 Å². The van der Waals surface area contributed by atoms with E-state index in [1.165, 1.54) is 18.4 Å². The van der Waals surface area contributed by atoms with Crippen LogP contribution >= 0.6 is 0 Å². The van der Waals surface area contributed by atoms with E-state index < -0.39 is 10.0 Å². The van der Waals surface area contributed by atoms with Gasteiger partial charge in [-0.15, -0.1) is 0 Å². The van der Waals surface area contributed by atoms with E-state index in [9.17, 15) is 13.2 Å². The lowest BCUT2D eigenvalue weighted by molar-refractivity contribution is -0.149. The van der Waals surface area contributed by atoms with Gasteiger partial charge in [-0.05, 0) is 31.0 Å². The molecule has 1 atom stereocenters. The molecular weight excluding hydrogens is 354 g/mol. The van der Waals surface area contributed by atoms with Gasteiger partial charge in [-0.2, -0.15) is 0 Å². The van der Waals surface area contributed by atoms with Crippen LogP contribution in [-0.4, -0.2) is 42.3 Å². The van der Waals surface area contributed by atoms with E-state index >= 15 is 0 Å². The summed E-state index contributed by atoms with van der Waals surface area (Å²) in [4.78, 5) is 16.7. The smallest absolute Gasteiger partial charge is 0.309 e. The number of ether oxygens (including phenoxy) is 1. The Kier molecular flexibility index (Phi) is 6.41. The van der Waals surface area contributed by atoms with E-state index in [-0.39, 0.29) is 23.4 Å². The van der Waals surface area contributed by atoms with Crippen LogP contribution in [0.15, 0.2) is 23.1 Å². The van der Waals surface area contributed by atoms with E-state index in [0.29, 0.717) is 17.9 Å². The second-order valence-electron chi connectivity index (χ2n) is 6.53. The first-order valence-electron chi connectivity index (χ1n) is 8.80. The van der Waals surface area contributed by atoms with Gasteiger partial charge in [0.05, 0.1) is 21.8 Å². The van der Waals surface area contributed by atoms with E-state index in [2.05, 4.69) is 4.98 Å². The standard InChI is InChI=1S/C18H27N3O4S/c1-6-10-21-16-9-8-14(26(23,24)20(4)5)11-15(16)19-17(21)12-25-18(22)13(3)7-2/h8-9,11,13H,6-7,10,12H2,1-5H3. The van der Waals surface area contributed by atoms with Crippen molar-refractivity contribution in [3.05, 3.63) is 24.0 Å². The maximum absolute atomic E-state index is 12.3. The van der Waals surface area contributed by atoms with Crippen LogP contribution in [0.3, 0.4) is 0 Å². The minimum Gasteiger partial charge on any atom is -0.457 e. The Bertz CT molecular complexity index is 887. The Balaban J connectivity index is 2.41. The molecule has 1 aromatic heterocycles. The molecule has 0 fully saturated rings. The number of hydrogen-bond acceptors (Lipinski definition) is 5. The molecule has 0 bridgehead atoms. The molecule has 0 N–H and O–H groups in total. The lowest BCUT2D eigenvalue weighted by atomic mass is 10.1.